The molecule has 3 nitrogen and oxygen atoms in total. The van der Waals surface area contributed by atoms with E-state index in [1.807, 2.05) is 24.3 Å². The molecule has 0 saturated carbocycles. The van der Waals surface area contributed by atoms with Crippen molar-refractivity contribution in [3.8, 4) is 0 Å². The maximum absolute atomic E-state index is 5.31. The van der Waals surface area contributed by atoms with Crippen molar-refractivity contribution in [3.63, 3.8) is 0 Å². The first-order valence-corrected chi connectivity index (χ1v) is 4.75. The predicted molar refractivity (Wildman–Crippen MR) is 58.4 cm³/mol. The summed E-state index contributed by atoms with van der Waals surface area (Å²) in [5.74, 6) is 0. The SMILES string of the molecule is Cc1ccc(C=NOCCCN)cc1. The molecular formula is C11H16N2O. The lowest BCUT2D eigenvalue weighted by molar-refractivity contribution is 0.145. The highest BCUT2D eigenvalue weighted by Gasteiger charge is 1.87. The van der Waals surface area contributed by atoms with E-state index in [9.17, 15) is 0 Å². The van der Waals surface area contributed by atoms with Gasteiger partial charge in [0.2, 0.25) is 0 Å². The fraction of sp³-hybridized carbons (Fsp3) is 0.364. The predicted octanol–water partition coefficient (Wildman–Crippen LogP) is 1.69. The maximum atomic E-state index is 5.31. The van der Waals surface area contributed by atoms with Crippen LogP contribution in [-0.2, 0) is 4.84 Å². The zero-order valence-electron chi connectivity index (χ0n) is 8.44. The van der Waals surface area contributed by atoms with Crippen molar-refractivity contribution in [3.05, 3.63) is 35.4 Å². The van der Waals surface area contributed by atoms with E-state index >= 15 is 0 Å². The van der Waals surface area contributed by atoms with Gasteiger partial charge in [0, 0.05) is 0 Å². The van der Waals surface area contributed by atoms with E-state index in [-0.39, 0.29) is 0 Å². The van der Waals surface area contributed by atoms with Crippen molar-refractivity contribution in [2.75, 3.05) is 13.2 Å². The number of rotatable bonds is 5. The van der Waals surface area contributed by atoms with E-state index in [2.05, 4.69) is 12.1 Å². The summed E-state index contributed by atoms with van der Waals surface area (Å²) in [6, 6.07) is 8.10. The van der Waals surface area contributed by atoms with Crippen molar-refractivity contribution in [2.24, 2.45) is 10.9 Å². The van der Waals surface area contributed by atoms with Crippen LogP contribution in [0.1, 0.15) is 17.5 Å². The number of nitrogens with zero attached hydrogens (tertiary/aromatic N) is 1. The Hall–Kier alpha value is -1.35. The number of oxime groups is 1. The van der Waals surface area contributed by atoms with Gasteiger partial charge in [-0.15, -0.1) is 0 Å². The molecule has 0 aromatic heterocycles. The van der Waals surface area contributed by atoms with Crippen LogP contribution < -0.4 is 5.73 Å². The molecule has 3 heteroatoms. The topological polar surface area (TPSA) is 47.6 Å². The van der Waals surface area contributed by atoms with Crippen LogP contribution in [0.15, 0.2) is 29.4 Å². The lowest BCUT2D eigenvalue weighted by Crippen LogP contribution is -2.02. The second-order valence-electron chi connectivity index (χ2n) is 3.12. The number of benzene rings is 1. The van der Waals surface area contributed by atoms with Crippen molar-refractivity contribution in [1.82, 2.24) is 0 Å². The standard InChI is InChI=1S/C11H16N2O/c1-10-3-5-11(6-4-10)9-13-14-8-2-7-12/h3-6,9H,2,7-8,12H2,1H3. The second-order valence-corrected chi connectivity index (χ2v) is 3.12. The van der Waals surface area contributed by atoms with Crippen LogP contribution in [0.4, 0.5) is 0 Å². The Balaban J connectivity index is 2.33. The highest BCUT2D eigenvalue weighted by Crippen LogP contribution is 2.00. The van der Waals surface area contributed by atoms with Gasteiger partial charge in [-0.2, -0.15) is 0 Å². The summed E-state index contributed by atoms with van der Waals surface area (Å²) in [7, 11) is 0. The number of aryl methyl sites for hydroxylation is 1. The van der Waals surface area contributed by atoms with Gasteiger partial charge in [-0.1, -0.05) is 35.0 Å². The second kappa shape index (κ2) is 6.16. The Bertz CT molecular complexity index is 280. The first kappa shape index (κ1) is 10.7. The minimum Gasteiger partial charge on any atom is -0.396 e. The summed E-state index contributed by atoms with van der Waals surface area (Å²) < 4.78 is 0. The summed E-state index contributed by atoms with van der Waals surface area (Å²) in [5, 5.41) is 3.83. The van der Waals surface area contributed by atoms with Gasteiger partial charge in [0.15, 0.2) is 0 Å². The molecule has 76 valence electrons. The maximum Gasteiger partial charge on any atom is 0.118 e. The molecule has 1 aromatic carbocycles. The zero-order chi connectivity index (χ0) is 10.2. The molecule has 0 amide bonds. The molecule has 0 bridgehead atoms. The van der Waals surface area contributed by atoms with E-state index in [0.717, 1.165) is 12.0 Å². The minimum atomic E-state index is 0.582. The Kier molecular flexibility index (Phi) is 4.72. The smallest absolute Gasteiger partial charge is 0.118 e. The van der Waals surface area contributed by atoms with E-state index in [4.69, 9.17) is 10.6 Å². The monoisotopic (exact) mass is 192 g/mol. The average molecular weight is 192 g/mol. The largest absolute Gasteiger partial charge is 0.396 e. The first-order valence-electron chi connectivity index (χ1n) is 4.75. The lowest BCUT2D eigenvalue weighted by Gasteiger charge is -1.96. The number of nitrogens with two attached hydrogens (primary N) is 1. The van der Waals surface area contributed by atoms with Gasteiger partial charge in [0.05, 0.1) is 6.21 Å². The fourth-order valence-corrected chi connectivity index (χ4v) is 0.951. The molecule has 2 N–H and O–H groups in total. The van der Waals surface area contributed by atoms with Crippen LogP contribution in [-0.4, -0.2) is 19.4 Å². The average Bonchev–Trinajstić information content (AvgIpc) is 2.21. The molecule has 0 aliphatic rings. The lowest BCUT2D eigenvalue weighted by atomic mass is 10.2. The van der Waals surface area contributed by atoms with Gasteiger partial charge in [-0.05, 0) is 25.5 Å². The molecule has 1 rings (SSSR count). The molecular weight excluding hydrogens is 176 g/mol. The highest BCUT2D eigenvalue weighted by atomic mass is 16.6. The molecule has 14 heavy (non-hydrogen) atoms. The van der Waals surface area contributed by atoms with Gasteiger partial charge in [0.1, 0.15) is 6.61 Å². The van der Waals surface area contributed by atoms with Crippen LogP contribution in [0.3, 0.4) is 0 Å². The van der Waals surface area contributed by atoms with E-state index in [1.165, 1.54) is 5.56 Å². The Morgan fingerprint density at radius 2 is 2.07 bits per heavy atom. The van der Waals surface area contributed by atoms with Crippen molar-refractivity contribution in [1.29, 1.82) is 0 Å². The molecule has 0 aliphatic heterocycles. The Morgan fingerprint density at radius 1 is 1.36 bits per heavy atom. The van der Waals surface area contributed by atoms with Gasteiger partial charge in [-0.25, -0.2) is 0 Å². The van der Waals surface area contributed by atoms with Gasteiger partial charge >= 0.3 is 0 Å². The Morgan fingerprint density at radius 3 is 2.71 bits per heavy atom. The van der Waals surface area contributed by atoms with Gasteiger partial charge < -0.3 is 10.6 Å². The molecule has 0 unspecified atom stereocenters. The van der Waals surface area contributed by atoms with Crippen molar-refractivity contribution >= 4 is 6.21 Å². The summed E-state index contributed by atoms with van der Waals surface area (Å²) in [6.07, 6.45) is 2.54. The molecule has 0 heterocycles. The fourth-order valence-electron chi connectivity index (χ4n) is 0.951. The molecule has 0 fully saturated rings. The molecule has 0 aliphatic carbocycles. The normalized spacial score (nSPS) is 10.7. The van der Waals surface area contributed by atoms with E-state index in [1.54, 1.807) is 6.21 Å². The Labute approximate surface area is 84.6 Å². The summed E-state index contributed by atoms with van der Waals surface area (Å²) in [6.45, 7) is 3.28. The van der Waals surface area contributed by atoms with E-state index in [0.29, 0.717) is 13.2 Å². The van der Waals surface area contributed by atoms with Crippen LogP contribution in [0.25, 0.3) is 0 Å². The van der Waals surface area contributed by atoms with Crippen LogP contribution in [0.5, 0.6) is 0 Å². The van der Waals surface area contributed by atoms with E-state index < -0.39 is 0 Å². The molecule has 1 aromatic rings. The van der Waals surface area contributed by atoms with Crippen LogP contribution in [0, 0.1) is 6.92 Å². The summed E-state index contributed by atoms with van der Waals surface area (Å²) in [4.78, 5) is 5.00. The summed E-state index contributed by atoms with van der Waals surface area (Å²) >= 11 is 0. The minimum absolute atomic E-state index is 0.582. The third-order valence-corrected chi connectivity index (χ3v) is 1.79. The number of hydrogen-bond donors (Lipinski definition) is 1. The quantitative estimate of drug-likeness (QED) is 0.438. The highest BCUT2D eigenvalue weighted by molar-refractivity contribution is 5.78. The number of hydrogen-bond acceptors (Lipinski definition) is 3. The molecule has 0 atom stereocenters. The third-order valence-electron chi connectivity index (χ3n) is 1.79. The van der Waals surface area contributed by atoms with Gasteiger partial charge in [-0.3, -0.25) is 0 Å². The third kappa shape index (κ3) is 4.05. The van der Waals surface area contributed by atoms with Crippen LogP contribution in [0.2, 0.25) is 0 Å². The van der Waals surface area contributed by atoms with Crippen LogP contribution >= 0.6 is 0 Å². The van der Waals surface area contributed by atoms with Crippen molar-refractivity contribution < 1.29 is 4.84 Å². The summed E-state index contributed by atoms with van der Waals surface area (Å²) in [5.41, 5.74) is 7.59. The molecule has 0 radical (unpaired) electrons. The molecule has 0 saturated heterocycles. The van der Waals surface area contributed by atoms with Crippen molar-refractivity contribution in [2.45, 2.75) is 13.3 Å². The zero-order valence-corrected chi connectivity index (χ0v) is 8.44. The molecule has 0 spiro atoms. The van der Waals surface area contributed by atoms with Gasteiger partial charge in [0.25, 0.3) is 0 Å². The first-order chi connectivity index (χ1) is 6.83.